The van der Waals surface area contributed by atoms with E-state index in [4.69, 9.17) is 22.5 Å². The number of carbonyl (C=O) groups excluding carboxylic acids is 1. The van der Waals surface area contributed by atoms with Gasteiger partial charge in [-0.25, -0.2) is 0 Å². The fourth-order valence-electron chi connectivity index (χ4n) is 1.69. The molecule has 0 saturated heterocycles. The highest BCUT2D eigenvalue weighted by Crippen LogP contribution is 2.22. The van der Waals surface area contributed by atoms with Crippen LogP contribution in [-0.2, 0) is 0 Å². The third-order valence-electron chi connectivity index (χ3n) is 2.72. The van der Waals surface area contributed by atoms with Gasteiger partial charge in [0.15, 0.2) is 5.84 Å². The van der Waals surface area contributed by atoms with Crippen LogP contribution in [0.15, 0.2) is 52.1 Å². The zero-order valence-electron chi connectivity index (χ0n) is 10.7. The molecule has 0 aromatic heterocycles. The lowest BCUT2D eigenvalue weighted by atomic mass is 10.1. The minimum Gasteiger partial charge on any atom is -0.409 e. The third-order valence-corrected chi connectivity index (χ3v) is 3.48. The van der Waals surface area contributed by atoms with Crippen LogP contribution in [0.25, 0.3) is 0 Å². The van der Waals surface area contributed by atoms with Crippen LogP contribution in [0.5, 0.6) is 0 Å². The molecule has 0 fully saturated rings. The lowest BCUT2D eigenvalue weighted by molar-refractivity contribution is 0.102. The molecule has 0 radical (unpaired) electrons. The van der Waals surface area contributed by atoms with E-state index in [1.165, 1.54) is 6.07 Å². The first-order chi connectivity index (χ1) is 10.0. The SMILES string of the molecule is NC(=NO)c1ccc(Cl)cc1NC(=O)c1ccc(Br)cc1. The lowest BCUT2D eigenvalue weighted by Crippen LogP contribution is -2.19. The van der Waals surface area contributed by atoms with Gasteiger partial charge in [-0.2, -0.15) is 0 Å². The van der Waals surface area contributed by atoms with Crippen molar-refractivity contribution < 1.29 is 10.0 Å². The predicted molar refractivity (Wildman–Crippen MR) is 86.1 cm³/mol. The second-order valence-corrected chi connectivity index (χ2v) is 5.49. The molecule has 2 aromatic carbocycles. The molecule has 0 aliphatic carbocycles. The Bertz CT molecular complexity index is 702. The van der Waals surface area contributed by atoms with Gasteiger partial charge in [-0.05, 0) is 42.5 Å². The van der Waals surface area contributed by atoms with Crippen LogP contribution in [0.3, 0.4) is 0 Å². The number of halogens is 2. The van der Waals surface area contributed by atoms with Crippen LogP contribution >= 0.6 is 27.5 Å². The zero-order chi connectivity index (χ0) is 15.4. The second-order valence-electron chi connectivity index (χ2n) is 4.14. The number of rotatable bonds is 3. The number of hydrogen-bond donors (Lipinski definition) is 3. The van der Waals surface area contributed by atoms with Gasteiger partial charge in [0, 0.05) is 20.6 Å². The van der Waals surface area contributed by atoms with Crippen LogP contribution < -0.4 is 11.1 Å². The Hall–Kier alpha value is -2.05. The monoisotopic (exact) mass is 367 g/mol. The molecule has 0 atom stereocenters. The van der Waals surface area contributed by atoms with E-state index in [1.807, 2.05) is 0 Å². The molecule has 0 aliphatic heterocycles. The summed E-state index contributed by atoms with van der Waals surface area (Å²) in [5.74, 6) is -0.436. The predicted octanol–water partition coefficient (Wildman–Crippen LogP) is 3.45. The number of benzene rings is 2. The maximum Gasteiger partial charge on any atom is 0.255 e. The van der Waals surface area contributed by atoms with Crippen molar-refractivity contribution in [3.63, 3.8) is 0 Å². The van der Waals surface area contributed by atoms with E-state index in [-0.39, 0.29) is 11.7 Å². The highest BCUT2D eigenvalue weighted by atomic mass is 79.9. The summed E-state index contributed by atoms with van der Waals surface area (Å²) in [6.45, 7) is 0. The van der Waals surface area contributed by atoms with Crippen molar-refractivity contribution >= 4 is 45.0 Å². The lowest BCUT2D eigenvalue weighted by Gasteiger charge is -2.10. The smallest absolute Gasteiger partial charge is 0.255 e. The first-order valence-corrected chi connectivity index (χ1v) is 7.02. The van der Waals surface area contributed by atoms with Gasteiger partial charge in [0.05, 0.1) is 5.69 Å². The summed E-state index contributed by atoms with van der Waals surface area (Å²) < 4.78 is 0.874. The summed E-state index contributed by atoms with van der Waals surface area (Å²) in [6, 6.07) is 11.6. The van der Waals surface area contributed by atoms with Crippen molar-refractivity contribution in [3.05, 3.63) is 63.1 Å². The summed E-state index contributed by atoms with van der Waals surface area (Å²) in [5.41, 5.74) is 6.80. The number of oxime groups is 1. The van der Waals surface area contributed by atoms with E-state index in [1.54, 1.807) is 36.4 Å². The quantitative estimate of drug-likeness (QED) is 0.335. The summed E-state index contributed by atoms with van der Waals surface area (Å²) >= 11 is 9.22. The molecule has 108 valence electrons. The van der Waals surface area contributed by atoms with Crippen molar-refractivity contribution in [3.8, 4) is 0 Å². The first-order valence-electron chi connectivity index (χ1n) is 5.85. The van der Waals surface area contributed by atoms with Crippen LogP contribution in [-0.4, -0.2) is 17.0 Å². The summed E-state index contributed by atoms with van der Waals surface area (Å²) in [6.07, 6.45) is 0. The van der Waals surface area contributed by atoms with Gasteiger partial charge in [-0.3, -0.25) is 4.79 Å². The number of nitrogens with one attached hydrogen (secondary N) is 1. The topological polar surface area (TPSA) is 87.7 Å². The van der Waals surface area contributed by atoms with Crippen LogP contribution in [0.4, 0.5) is 5.69 Å². The summed E-state index contributed by atoms with van der Waals surface area (Å²) in [5, 5.41) is 14.8. The van der Waals surface area contributed by atoms with Crippen molar-refractivity contribution in [2.45, 2.75) is 0 Å². The van der Waals surface area contributed by atoms with Gasteiger partial charge in [0.25, 0.3) is 5.91 Å². The largest absolute Gasteiger partial charge is 0.409 e. The van der Waals surface area contributed by atoms with Gasteiger partial charge < -0.3 is 16.3 Å². The number of amidine groups is 1. The molecule has 4 N–H and O–H groups in total. The standard InChI is InChI=1S/C14H11BrClN3O2/c15-9-3-1-8(2-4-9)14(20)18-12-7-10(16)5-6-11(12)13(17)19-21/h1-7,21H,(H2,17,19)(H,18,20). The molecule has 5 nitrogen and oxygen atoms in total. The Morgan fingerprint density at radius 1 is 1.24 bits per heavy atom. The second kappa shape index (κ2) is 6.60. The van der Waals surface area contributed by atoms with Crippen LogP contribution in [0.1, 0.15) is 15.9 Å². The van der Waals surface area contributed by atoms with E-state index in [9.17, 15) is 4.79 Å². The van der Waals surface area contributed by atoms with E-state index in [0.29, 0.717) is 21.8 Å². The molecule has 1 amide bonds. The van der Waals surface area contributed by atoms with Crippen molar-refractivity contribution in [2.75, 3.05) is 5.32 Å². The van der Waals surface area contributed by atoms with Gasteiger partial charge in [-0.15, -0.1) is 0 Å². The Morgan fingerprint density at radius 2 is 1.90 bits per heavy atom. The number of hydrogen-bond acceptors (Lipinski definition) is 3. The number of anilines is 1. The number of nitrogens with two attached hydrogens (primary N) is 1. The Kier molecular flexibility index (Phi) is 4.82. The van der Waals surface area contributed by atoms with Gasteiger partial charge in [0.2, 0.25) is 0 Å². The molecule has 0 spiro atoms. The Labute approximate surface area is 134 Å². The minimum atomic E-state index is -0.322. The summed E-state index contributed by atoms with van der Waals surface area (Å²) in [7, 11) is 0. The number of carbonyl (C=O) groups is 1. The average molecular weight is 369 g/mol. The van der Waals surface area contributed by atoms with E-state index in [0.717, 1.165) is 4.47 Å². The van der Waals surface area contributed by atoms with Crippen LogP contribution in [0.2, 0.25) is 5.02 Å². The highest BCUT2D eigenvalue weighted by molar-refractivity contribution is 9.10. The Balaban J connectivity index is 2.32. The van der Waals surface area contributed by atoms with E-state index >= 15 is 0 Å². The van der Waals surface area contributed by atoms with Crippen molar-refractivity contribution in [1.82, 2.24) is 0 Å². The van der Waals surface area contributed by atoms with E-state index in [2.05, 4.69) is 26.4 Å². The maximum atomic E-state index is 12.2. The molecule has 0 unspecified atom stereocenters. The molecule has 0 bridgehead atoms. The molecule has 7 heteroatoms. The van der Waals surface area contributed by atoms with Crippen LogP contribution in [0, 0.1) is 0 Å². The molecular weight excluding hydrogens is 358 g/mol. The summed E-state index contributed by atoms with van der Waals surface area (Å²) in [4.78, 5) is 12.2. The third kappa shape index (κ3) is 3.74. The number of nitrogens with zero attached hydrogens (tertiary/aromatic N) is 1. The molecular formula is C14H11BrClN3O2. The maximum absolute atomic E-state index is 12.2. The van der Waals surface area contributed by atoms with Gasteiger partial charge in [-0.1, -0.05) is 32.7 Å². The first kappa shape index (κ1) is 15.3. The molecule has 0 saturated carbocycles. The molecule has 21 heavy (non-hydrogen) atoms. The fraction of sp³-hybridized carbons (Fsp3) is 0. The van der Waals surface area contributed by atoms with Crippen molar-refractivity contribution in [1.29, 1.82) is 0 Å². The fourth-order valence-corrected chi connectivity index (χ4v) is 2.13. The molecule has 2 aromatic rings. The normalized spacial score (nSPS) is 11.2. The minimum absolute atomic E-state index is 0.113. The van der Waals surface area contributed by atoms with Gasteiger partial charge >= 0.3 is 0 Å². The molecule has 0 heterocycles. The highest BCUT2D eigenvalue weighted by Gasteiger charge is 2.12. The van der Waals surface area contributed by atoms with Gasteiger partial charge in [0.1, 0.15) is 0 Å². The zero-order valence-corrected chi connectivity index (χ0v) is 13.0. The average Bonchev–Trinajstić information content (AvgIpc) is 2.47. The molecule has 0 aliphatic rings. The van der Waals surface area contributed by atoms with E-state index < -0.39 is 0 Å². The Morgan fingerprint density at radius 3 is 2.52 bits per heavy atom. The van der Waals surface area contributed by atoms with Crippen molar-refractivity contribution in [2.24, 2.45) is 10.9 Å². The molecule has 2 rings (SSSR count). The number of amides is 1.